The van der Waals surface area contributed by atoms with E-state index in [1.54, 1.807) is 12.1 Å². The lowest BCUT2D eigenvalue weighted by Gasteiger charge is -2.06. The smallest absolute Gasteiger partial charge is 0.123 e. The van der Waals surface area contributed by atoms with Crippen molar-refractivity contribution >= 4 is 11.6 Å². The van der Waals surface area contributed by atoms with E-state index in [1.807, 2.05) is 13.0 Å². The average molecular weight is 196 g/mol. The minimum atomic E-state index is 0.455. The molecule has 0 heterocycles. The highest BCUT2D eigenvalue weighted by molar-refractivity contribution is 6.18. The Labute approximate surface area is 82.7 Å². The van der Waals surface area contributed by atoms with Crippen molar-refractivity contribution < 1.29 is 4.74 Å². The summed E-state index contributed by atoms with van der Waals surface area (Å²) in [5.74, 6) is 1.19. The number of benzene rings is 1. The van der Waals surface area contributed by atoms with Crippen molar-refractivity contribution in [3.05, 3.63) is 29.3 Å². The second-order valence-electron chi connectivity index (χ2n) is 2.63. The van der Waals surface area contributed by atoms with Crippen molar-refractivity contribution in [2.24, 2.45) is 0 Å². The van der Waals surface area contributed by atoms with Gasteiger partial charge in [0.25, 0.3) is 0 Å². The van der Waals surface area contributed by atoms with Crippen molar-refractivity contribution in [3.8, 4) is 11.8 Å². The monoisotopic (exact) mass is 195 g/mol. The maximum atomic E-state index is 8.65. The Morgan fingerprint density at radius 2 is 2.31 bits per heavy atom. The van der Waals surface area contributed by atoms with Gasteiger partial charge in [-0.15, -0.1) is 11.6 Å². The predicted molar refractivity (Wildman–Crippen MR) is 52.1 cm³/mol. The van der Waals surface area contributed by atoms with Gasteiger partial charge < -0.3 is 4.74 Å². The minimum Gasteiger partial charge on any atom is -0.492 e. The molecule has 0 radical (unpaired) electrons. The van der Waals surface area contributed by atoms with E-state index in [0.29, 0.717) is 18.1 Å². The quantitative estimate of drug-likeness (QED) is 0.695. The maximum absolute atomic E-state index is 8.65. The summed E-state index contributed by atoms with van der Waals surface area (Å²) < 4.78 is 5.35. The molecule has 0 aromatic heterocycles. The maximum Gasteiger partial charge on any atom is 0.123 e. The van der Waals surface area contributed by atoms with Crippen LogP contribution in [0.1, 0.15) is 11.1 Å². The molecule has 0 N–H and O–H groups in total. The molecule has 0 aliphatic carbocycles. The van der Waals surface area contributed by atoms with Crippen LogP contribution in [0.4, 0.5) is 0 Å². The zero-order chi connectivity index (χ0) is 9.68. The Balaban J connectivity index is 2.85. The van der Waals surface area contributed by atoms with Crippen LogP contribution < -0.4 is 4.74 Å². The van der Waals surface area contributed by atoms with Crippen LogP contribution in [0, 0.1) is 18.3 Å². The van der Waals surface area contributed by atoms with Gasteiger partial charge in [-0.05, 0) is 24.6 Å². The van der Waals surface area contributed by atoms with Crippen molar-refractivity contribution in [2.75, 3.05) is 12.5 Å². The molecule has 68 valence electrons. The number of hydrogen-bond acceptors (Lipinski definition) is 2. The van der Waals surface area contributed by atoms with Crippen LogP contribution in [0.3, 0.4) is 0 Å². The highest BCUT2D eigenvalue weighted by Crippen LogP contribution is 2.18. The molecule has 0 saturated carbocycles. The molecule has 0 unspecified atom stereocenters. The number of nitriles is 1. The SMILES string of the molecule is Cc1ccc(C#N)cc1OCCCl. The van der Waals surface area contributed by atoms with Gasteiger partial charge in [0.2, 0.25) is 0 Å². The van der Waals surface area contributed by atoms with E-state index in [2.05, 4.69) is 6.07 Å². The zero-order valence-corrected chi connectivity index (χ0v) is 8.14. The second kappa shape index (κ2) is 4.74. The van der Waals surface area contributed by atoms with Crippen molar-refractivity contribution in [3.63, 3.8) is 0 Å². The molecule has 3 heteroatoms. The Morgan fingerprint density at radius 3 is 2.92 bits per heavy atom. The number of hydrogen-bond donors (Lipinski definition) is 0. The fourth-order valence-corrected chi connectivity index (χ4v) is 1.05. The molecule has 0 bridgehead atoms. The van der Waals surface area contributed by atoms with Gasteiger partial charge in [-0.2, -0.15) is 5.26 Å². The van der Waals surface area contributed by atoms with Crippen LogP contribution in [0.25, 0.3) is 0 Å². The number of alkyl halides is 1. The molecule has 0 spiro atoms. The molecule has 0 saturated heterocycles. The van der Waals surface area contributed by atoms with E-state index in [-0.39, 0.29) is 0 Å². The second-order valence-corrected chi connectivity index (χ2v) is 3.01. The van der Waals surface area contributed by atoms with Crippen LogP contribution in [0.5, 0.6) is 5.75 Å². The summed E-state index contributed by atoms with van der Waals surface area (Å²) in [7, 11) is 0. The van der Waals surface area contributed by atoms with E-state index >= 15 is 0 Å². The number of aryl methyl sites for hydroxylation is 1. The van der Waals surface area contributed by atoms with Gasteiger partial charge in [-0.25, -0.2) is 0 Å². The van der Waals surface area contributed by atoms with Crippen molar-refractivity contribution in [1.29, 1.82) is 5.26 Å². The molecule has 0 aliphatic rings. The third kappa shape index (κ3) is 2.64. The van der Waals surface area contributed by atoms with Gasteiger partial charge in [0.05, 0.1) is 17.5 Å². The first-order chi connectivity index (χ1) is 6.27. The fourth-order valence-electron chi connectivity index (χ4n) is 0.974. The summed E-state index contributed by atoms with van der Waals surface area (Å²) in [6, 6.07) is 7.41. The Morgan fingerprint density at radius 1 is 1.54 bits per heavy atom. The minimum absolute atomic E-state index is 0.455. The molecule has 1 aromatic rings. The Kier molecular flexibility index (Phi) is 3.60. The number of rotatable bonds is 3. The molecule has 13 heavy (non-hydrogen) atoms. The highest BCUT2D eigenvalue weighted by Gasteiger charge is 2.00. The van der Waals surface area contributed by atoms with Crippen molar-refractivity contribution in [2.45, 2.75) is 6.92 Å². The molecular weight excluding hydrogens is 186 g/mol. The molecule has 0 atom stereocenters. The lowest BCUT2D eigenvalue weighted by molar-refractivity contribution is 0.340. The van der Waals surface area contributed by atoms with Crippen LogP contribution in [-0.2, 0) is 0 Å². The molecule has 2 nitrogen and oxygen atoms in total. The van der Waals surface area contributed by atoms with Crippen LogP contribution in [0.2, 0.25) is 0 Å². The summed E-state index contributed by atoms with van der Waals surface area (Å²) in [5, 5.41) is 8.65. The van der Waals surface area contributed by atoms with Gasteiger partial charge in [-0.3, -0.25) is 0 Å². The van der Waals surface area contributed by atoms with E-state index in [4.69, 9.17) is 21.6 Å². The van der Waals surface area contributed by atoms with E-state index in [1.165, 1.54) is 0 Å². The normalized spacial score (nSPS) is 9.31. The molecule has 0 amide bonds. The van der Waals surface area contributed by atoms with Crippen LogP contribution in [0.15, 0.2) is 18.2 Å². The van der Waals surface area contributed by atoms with E-state index in [9.17, 15) is 0 Å². The lowest BCUT2D eigenvalue weighted by atomic mass is 10.1. The summed E-state index contributed by atoms with van der Waals surface area (Å²) in [4.78, 5) is 0. The van der Waals surface area contributed by atoms with Crippen LogP contribution >= 0.6 is 11.6 Å². The number of halogens is 1. The third-order valence-electron chi connectivity index (χ3n) is 1.65. The van der Waals surface area contributed by atoms with Gasteiger partial charge >= 0.3 is 0 Å². The zero-order valence-electron chi connectivity index (χ0n) is 7.38. The molecule has 0 aliphatic heterocycles. The van der Waals surface area contributed by atoms with Gasteiger partial charge in [0, 0.05) is 0 Å². The summed E-state index contributed by atoms with van der Waals surface area (Å²) in [5.41, 5.74) is 1.62. The highest BCUT2D eigenvalue weighted by atomic mass is 35.5. The first kappa shape index (κ1) is 9.88. The average Bonchev–Trinajstić information content (AvgIpc) is 2.17. The number of nitrogens with zero attached hydrogens (tertiary/aromatic N) is 1. The standard InChI is InChI=1S/C10H10ClNO/c1-8-2-3-9(7-12)6-10(8)13-5-4-11/h2-3,6H,4-5H2,1H3. The topological polar surface area (TPSA) is 33.0 Å². The molecular formula is C10H10ClNO. The third-order valence-corrected chi connectivity index (χ3v) is 1.81. The summed E-state index contributed by atoms with van der Waals surface area (Å²) >= 11 is 5.49. The predicted octanol–water partition coefficient (Wildman–Crippen LogP) is 2.48. The van der Waals surface area contributed by atoms with Gasteiger partial charge in [0.1, 0.15) is 12.4 Å². The van der Waals surface area contributed by atoms with E-state index in [0.717, 1.165) is 11.3 Å². The van der Waals surface area contributed by atoms with Gasteiger partial charge in [-0.1, -0.05) is 6.07 Å². The lowest BCUT2D eigenvalue weighted by Crippen LogP contribution is -1.99. The van der Waals surface area contributed by atoms with E-state index < -0.39 is 0 Å². The van der Waals surface area contributed by atoms with Crippen molar-refractivity contribution in [1.82, 2.24) is 0 Å². The number of ether oxygens (including phenoxy) is 1. The first-order valence-corrected chi connectivity index (χ1v) is 4.51. The van der Waals surface area contributed by atoms with Gasteiger partial charge in [0.15, 0.2) is 0 Å². The molecule has 1 aromatic carbocycles. The van der Waals surface area contributed by atoms with Crippen LogP contribution in [-0.4, -0.2) is 12.5 Å². The fraction of sp³-hybridized carbons (Fsp3) is 0.300. The molecule has 0 fully saturated rings. The largest absolute Gasteiger partial charge is 0.492 e. The summed E-state index contributed by atoms with van der Waals surface area (Å²) in [6.45, 7) is 2.40. The molecule has 1 rings (SSSR count). The first-order valence-electron chi connectivity index (χ1n) is 3.97. The Hall–Kier alpha value is -1.20. The summed E-state index contributed by atoms with van der Waals surface area (Å²) in [6.07, 6.45) is 0. The Bertz CT molecular complexity index is 330.